The highest BCUT2D eigenvalue weighted by Crippen LogP contribution is 2.35. The average molecular weight is 249 g/mol. The number of carboxylic acids is 1. The highest BCUT2D eigenvalue weighted by Gasteiger charge is 2.11. The lowest BCUT2D eigenvalue weighted by atomic mass is 10.2. The molecule has 0 aliphatic rings. The van der Waals surface area contributed by atoms with Crippen molar-refractivity contribution >= 4 is 22.8 Å². The zero-order valence-electron chi connectivity index (χ0n) is 8.14. The molecule has 1 aromatic carbocycles. The fourth-order valence-corrected chi connectivity index (χ4v) is 0.728. The summed E-state index contributed by atoms with van der Waals surface area (Å²) in [4.78, 5) is 19.5. The van der Waals surface area contributed by atoms with Crippen molar-refractivity contribution in [2.75, 3.05) is 0 Å². The van der Waals surface area contributed by atoms with Crippen molar-refractivity contribution in [2.24, 2.45) is 0 Å². The zero-order valence-corrected chi connectivity index (χ0v) is 8.89. The number of hydrogen-bond donors (Lipinski definition) is 4. The predicted molar refractivity (Wildman–Crippen MR) is 54.9 cm³/mol. The van der Waals surface area contributed by atoms with Crippen LogP contribution in [0.2, 0.25) is 0 Å². The fourth-order valence-electron chi connectivity index (χ4n) is 0.728. The van der Waals surface area contributed by atoms with Crippen molar-refractivity contribution in [3.8, 4) is 17.2 Å². The third kappa shape index (κ3) is 4.52. The first-order valence-corrected chi connectivity index (χ1v) is 4.27. The molecule has 16 heavy (non-hydrogen) atoms. The minimum Gasteiger partial charge on any atom is -0.504 e. The molecule has 7 heteroatoms. The Morgan fingerprint density at radius 3 is 1.69 bits per heavy atom. The van der Waals surface area contributed by atoms with Crippen molar-refractivity contribution in [3.63, 3.8) is 0 Å². The van der Waals surface area contributed by atoms with Gasteiger partial charge in [0.2, 0.25) is 5.24 Å². The van der Waals surface area contributed by atoms with E-state index in [2.05, 4.69) is 11.6 Å². The number of halogens is 1. The average Bonchev–Trinajstić information content (AvgIpc) is 2.12. The smallest absolute Gasteiger partial charge is 0.335 e. The molecule has 0 amide bonds. The van der Waals surface area contributed by atoms with E-state index in [1.54, 1.807) is 0 Å². The van der Waals surface area contributed by atoms with Gasteiger partial charge < -0.3 is 20.4 Å². The molecule has 1 rings (SSSR count). The van der Waals surface area contributed by atoms with Crippen molar-refractivity contribution in [2.45, 2.75) is 6.92 Å². The Bertz CT molecular complexity index is 387. The van der Waals surface area contributed by atoms with Gasteiger partial charge in [-0.15, -0.1) is 0 Å². The van der Waals surface area contributed by atoms with Crippen LogP contribution < -0.4 is 0 Å². The molecule has 0 saturated carbocycles. The first-order valence-electron chi connectivity index (χ1n) is 3.90. The van der Waals surface area contributed by atoms with Crippen LogP contribution in [0.3, 0.4) is 0 Å². The van der Waals surface area contributed by atoms with Gasteiger partial charge in [-0.2, -0.15) is 0 Å². The van der Waals surface area contributed by atoms with E-state index in [9.17, 15) is 9.59 Å². The minimum absolute atomic E-state index is 0.289. The summed E-state index contributed by atoms with van der Waals surface area (Å²) in [6, 6.07) is 1.69. The van der Waals surface area contributed by atoms with Crippen molar-refractivity contribution in [1.29, 1.82) is 0 Å². The number of carbonyl (C=O) groups excluding carboxylic acids is 1. The molecule has 0 bridgehead atoms. The van der Waals surface area contributed by atoms with Crippen LogP contribution in [0.25, 0.3) is 0 Å². The van der Waals surface area contributed by atoms with E-state index in [-0.39, 0.29) is 10.8 Å². The molecule has 0 saturated heterocycles. The number of aromatic hydroxyl groups is 3. The van der Waals surface area contributed by atoms with E-state index in [0.717, 1.165) is 12.1 Å². The maximum atomic E-state index is 10.3. The van der Waals surface area contributed by atoms with E-state index in [1.807, 2.05) is 0 Å². The highest BCUT2D eigenvalue weighted by molar-refractivity contribution is 6.62. The number of phenols is 3. The van der Waals surface area contributed by atoms with Crippen LogP contribution in [0.5, 0.6) is 17.2 Å². The van der Waals surface area contributed by atoms with Gasteiger partial charge in [0, 0.05) is 6.92 Å². The highest BCUT2D eigenvalue weighted by atomic mass is 35.5. The van der Waals surface area contributed by atoms with Crippen molar-refractivity contribution in [1.82, 2.24) is 0 Å². The zero-order chi connectivity index (χ0) is 12.9. The molecule has 4 N–H and O–H groups in total. The van der Waals surface area contributed by atoms with Crippen LogP contribution in [-0.4, -0.2) is 31.6 Å². The summed E-state index contributed by atoms with van der Waals surface area (Å²) in [5.74, 6) is -3.33. The lowest BCUT2D eigenvalue weighted by molar-refractivity contribution is -0.109. The quantitative estimate of drug-likeness (QED) is 0.439. The van der Waals surface area contributed by atoms with E-state index >= 15 is 0 Å². The second-order valence-corrected chi connectivity index (χ2v) is 3.17. The maximum absolute atomic E-state index is 10.3. The summed E-state index contributed by atoms with van der Waals surface area (Å²) in [5, 5.41) is 34.6. The molecule has 88 valence electrons. The Morgan fingerprint density at radius 2 is 1.44 bits per heavy atom. The van der Waals surface area contributed by atoms with Crippen molar-refractivity contribution in [3.05, 3.63) is 17.7 Å². The molecule has 0 heterocycles. The third-order valence-corrected chi connectivity index (χ3v) is 1.32. The van der Waals surface area contributed by atoms with E-state index in [1.165, 1.54) is 6.92 Å². The molecule has 0 aliphatic heterocycles. The summed E-state index contributed by atoms with van der Waals surface area (Å²) in [5.41, 5.74) is -0.289. The lowest BCUT2D eigenvalue weighted by Gasteiger charge is -2.01. The fraction of sp³-hybridized carbons (Fsp3) is 0.111. The molecule has 1 aromatic rings. The molecule has 0 aliphatic carbocycles. The maximum Gasteiger partial charge on any atom is 0.335 e. The van der Waals surface area contributed by atoms with E-state index in [4.69, 9.17) is 20.4 Å². The Morgan fingerprint density at radius 1 is 1.12 bits per heavy atom. The Balaban J connectivity index is 0.000000487. The molecule has 0 aromatic heterocycles. The van der Waals surface area contributed by atoms with Gasteiger partial charge in [0.05, 0.1) is 5.56 Å². The molecule has 0 spiro atoms. The Hall–Kier alpha value is -1.95. The molecule has 0 unspecified atom stereocenters. The first kappa shape index (κ1) is 14.1. The van der Waals surface area contributed by atoms with Gasteiger partial charge >= 0.3 is 5.97 Å². The molecule has 0 fully saturated rings. The number of benzene rings is 1. The molecule has 0 radical (unpaired) electrons. The van der Waals surface area contributed by atoms with E-state index in [0.29, 0.717) is 0 Å². The number of rotatable bonds is 1. The first-order chi connectivity index (χ1) is 7.25. The monoisotopic (exact) mass is 248 g/mol. The van der Waals surface area contributed by atoms with Gasteiger partial charge in [-0.05, 0) is 23.7 Å². The number of phenolic OH excluding ortho intramolecular Hbond substituents is 3. The van der Waals surface area contributed by atoms with E-state index < -0.39 is 23.2 Å². The Kier molecular flexibility index (Phi) is 5.11. The summed E-state index contributed by atoms with van der Waals surface area (Å²) in [6.45, 7) is 1.29. The van der Waals surface area contributed by atoms with Gasteiger partial charge in [0.1, 0.15) is 0 Å². The van der Waals surface area contributed by atoms with Gasteiger partial charge in [-0.1, -0.05) is 0 Å². The summed E-state index contributed by atoms with van der Waals surface area (Å²) >= 11 is 4.64. The molecular weight excluding hydrogens is 240 g/mol. The van der Waals surface area contributed by atoms with Crippen LogP contribution in [0.15, 0.2) is 12.1 Å². The number of carboxylic acid groups (broad SMARTS) is 1. The lowest BCUT2D eigenvalue weighted by Crippen LogP contribution is -1.95. The second kappa shape index (κ2) is 5.82. The van der Waals surface area contributed by atoms with Crippen molar-refractivity contribution < 1.29 is 30.0 Å². The summed E-state index contributed by atoms with van der Waals surface area (Å²) in [7, 11) is 0. The van der Waals surface area contributed by atoms with Crippen LogP contribution >= 0.6 is 11.6 Å². The molecule has 0 atom stereocenters. The molecular formula is C9H9ClO6. The van der Waals surface area contributed by atoms with Gasteiger partial charge in [-0.3, -0.25) is 4.79 Å². The summed E-state index contributed by atoms with van der Waals surface area (Å²) < 4.78 is 0. The van der Waals surface area contributed by atoms with Crippen LogP contribution in [0, 0.1) is 0 Å². The standard InChI is InChI=1S/C7H6O5.C2H3ClO/c8-4-1-3(7(11)12)2-5(9)6(4)10;1-2(3)4/h1-2,8-10H,(H,11,12);1H3. The number of aromatic carboxylic acids is 1. The number of carbonyl (C=O) groups is 2. The van der Waals surface area contributed by atoms with Gasteiger partial charge in [0.15, 0.2) is 17.2 Å². The SMILES string of the molecule is CC(=O)Cl.O=C(O)c1cc(O)c(O)c(O)c1. The normalized spacial score (nSPS) is 8.88. The van der Waals surface area contributed by atoms with Gasteiger partial charge in [0.25, 0.3) is 0 Å². The topological polar surface area (TPSA) is 115 Å². The second-order valence-electron chi connectivity index (χ2n) is 2.64. The minimum atomic E-state index is -1.29. The predicted octanol–water partition coefficient (Wildman–Crippen LogP) is 1.27. The van der Waals surface area contributed by atoms with Crippen LogP contribution in [0.1, 0.15) is 17.3 Å². The Labute approximate surface area is 95.3 Å². The third-order valence-electron chi connectivity index (χ3n) is 1.32. The van der Waals surface area contributed by atoms with Crippen LogP contribution in [0.4, 0.5) is 0 Å². The largest absolute Gasteiger partial charge is 0.504 e. The number of hydrogen-bond acceptors (Lipinski definition) is 5. The molecule has 6 nitrogen and oxygen atoms in total. The summed E-state index contributed by atoms with van der Waals surface area (Å²) in [6.07, 6.45) is 0. The van der Waals surface area contributed by atoms with Crippen LogP contribution in [-0.2, 0) is 4.79 Å². The van der Waals surface area contributed by atoms with Gasteiger partial charge in [-0.25, -0.2) is 4.79 Å².